The van der Waals surface area contributed by atoms with Crippen molar-refractivity contribution in [1.82, 2.24) is 10.6 Å². The third kappa shape index (κ3) is 8.58. The molecule has 0 aliphatic heterocycles. The lowest BCUT2D eigenvalue weighted by Crippen LogP contribution is -2.33. The summed E-state index contributed by atoms with van der Waals surface area (Å²) in [7, 11) is 0. The number of nitrogens with one attached hydrogen (secondary N) is 3. The van der Waals surface area contributed by atoms with Gasteiger partial charge in [0.15, 0.2) is 0 Å². The minimum absolute atomic E-state index is 0.236. The molecule has 0 bridgehead atoms. The summed E-state index contributed by atoms with van der Waals surface area (Å²) >= 11 is 0. The second-order valence-electron chi connectivity index (χ2n) is 7.50. The number of hydrogen-bond acceptors (Lipinski definition) is 3. The highest BCUT2D eigenvalue weighted by Gasteiger charge is 2.15. The molecule has 0 aliphatic carbocycles. The van der Waals surface area contributed by atoms with Crippen LogP contribution >= 0.6 is 0 Å². The molecule has 150 valence electrons. The molecule has 0 aromatic heterocycles. The van der Waals surface area contributed by atoms with Crippen LogP contribution in [0.2, 0.25) is 0 Å². The number of rotatable bonds is 7. The van der Waals surface area contributed by atoms with Gasteiger partial charge in [-0.1, -0.05) is 42.5 Å². The molecule has 28 heavy (non-hydrogen) atoms. The number of amides is 3. The average molecular weight is 383 g/mol. The molecular weight excluding hydrogens is 354 g/mol. The van der Waals surface area contributed by atoms with E-state index in [0.29, 0.717) is 25.2 Å². The van der Waals surface area contributed by atoms with E-state index < -0.39 is 11.7 Å². The first-order chi connectivity index (χ1) is 13.3. The van der Waals surface area contributed by atoms with Crippen LogP contribution < -0.4 is 16.0 Å². The molecule has 6 nitrogen and oxygen atoms in total. The van der Waals surface area contributed by atoms with Gasteiger partial charge in [-0.2, -0.15) is 0 Å². The largest absolute Gasteiger partial charge is 0.444 e. The minimum Gasteiger partial charge on any atom is -0.444 e. The van der Waals surface area contributed by atoms with Crippen LogP contribution in [0.15, 0.2) is 54.6 Å². The van der Waals surface area contributed by atoms with Gasteiger partial charge in [0.05, 0.1) is 0 Å². The molecule has 0 aliphatic rings. The zero-order valence-electron chi connectivity index (χ0n) is 16.7. The Hall–Kier alpha value is -3.02. The van der Waals surface area contributed by atoms with Gasteiger partial charge in [0.25, 0.3) is 0 Å². The number of ether oxygens (including phenoxy) is 1. The van der Waals surface area contributed by atoms with E-state index in [1.165, 1.54) is 5.56 Å². The molecule has 0 saturated heterocycles. The maximum absolute atomic E-state index is 12.1. The Labute approximate surface area is 166 Å². The molecule has 2 aromatic rings. The molecular formula is C22H29N3O3. The number of anilines is 1. The molecule has 6 heteroatoms. The Kier molecular flexibility index (Phi) is 7.87. The van der Waals surface area contributed by atoms with Crippen molar-refractivity contribution in [2.75, 3.05) is 18.4 Å². The number of carbonyl (C=O) groups excluding carboxylic acids is 2. The Morgan fingerprint density at radius 1 is 0.857 bits per heavy atom. The molecule has 0 heterocycles. The Bertz CT molecular complexity index is 770. The van der Waals surface area contributed by atoms with E-state index in [0.717, 1.165) is 12.0 Å². The van der Waals surface area contributed by atoms with Crippen LogP contribution in [0.4, 0.5) is 15.3 Å². The summed E-state index contributed by atoms with van der Waals surface area (Å²) in [5.74, 6) is 0. The summed E-state index contributed by atoms with van der Waals surface area (Å²) in [6, 6.07) is 17.3. The van der Waals surface area contributed by atoms with Crippen molar-refractivity contribution in [2.24, 2.45) is 0 Å². The van der Waals surface area contributed by atoms with Crippen molar-refractivity contribution in [1.29, 1.82) is 0 Å². The van der Waals surface area contributed by atoms with Gasteiger partial charge in [-0.3, -0.25) is 0 Å². The summed E-state index contributed by atoms with van der Waals surface area (Å²) in [4.78, 5) is 23.7. The predicted molar refractivity (Wildman–Crippen MR) is 112 cm³/mol. The minimum atomic E-state index is -0.512. The average Bonchev–Trinajstić information content (AvgIpc) is 2.61. The van der Waals surface area contributed by atoms with Gasteiger partial charge >= 0.3 is 12.1 Å². The Balaban J connectivity index is 1.73. The second kappa shape index (κ2) is 10.3. The molecule has 0 atom stereocenters. The van der Waals surface area contributed by atoms with Crippen molar-refractivity contribution < 1.29 is 14.3 Å². The maximum atomic E-state index is 12.1. The quantitative estimate of drug-likeness (QED) is 0.673. The Morgan fingerprint density at radius 3 is 2.21 bits per heavy atom. The fraction of sp³-hybridized carbons (Fsp3) is 0.364. The highest BCUT2D eigenvalue weighted by Crippen LogP contribution is 2.11. The molecule has 3 N–H and O–H groups in total. The van der Waals surface area contributed by atoms with E-state index in [1.807, 2.05) is 75.4 Å². The van der Waals surface area contributed by atoms with E-state index >= 15 is 0 Å². The molecule has 0 unspecified atom stereocenters. The lowest BCUT2D eigenvalue weighted by Gasteiger charge is -2.19. The molecule has 2 aromatic carbocycles. The molecule has 0 spiro atoms. The zero-order valence-corrected chi connectivity index (χ0v) is 16.7. The molecule has 3 amide bonds. The van der Waals surface area contributed by atoms with Crippen LogP contribution in [0.3, 0.4) is 0 Å². The monoisotopic (exact) mass is 383 g/mol. The van der Waals surface area contributed by atoms with Crippen molar-refractivity contribution in [2.45, 2.75) is 39.2 Å². The first-order valence-corrected chi connectivity index (χ1v) is 9.46. The van der Waals surface area contributed by atoms with Crippen LogP contribution in [0.5, 0.6) is 0 Å². The van der Waals surface area contributed by atoms with Gasteiger partial charge < -0.3 is 20.7 Å². The summed E-state index contributed by atoms with van der Waals surface area (Å²) in [6.45, 7) is 6.50. The van der Waals surface area contributed by atoms with E-state index in [2.05, 4.69) is 16.0 Å². The van der Waals surface area contributed by atoms with E-state index in [1.54, 1.807) is 0 Å². The first-order valence-electron chi connectivity index (χ1n) is 9.46. The van der Waals surface area contributed by atoms with Gasteiger partial charge in [-0.15, -0.1) is 0 Å². The zero-order chi connectivity index (χ0) is 20.4. The smallest absolute Gasteiger partial charge is 0.407 e. The van der Waals surface area contributed by atoms with Crippen molar-refractivity contribution in [3.05, 3.63) is 65.7 Å². The number of alkyl carbamates (subject to hydrolysis) is 1. The molecule has 0 saturated carbocycles. The van der Waals surface area contributed by atoms with Gasteiger partial charge in [0, 0.05) is 18.8 Å². The SMILES string of the molecule is CC(C)(C)OC(=O)NCCc1cccc(NC(=O)NCCc2ccccc2)c1. The van der Waals surface area contributed by atoms with Gasteiger partial charge in [0.1, 0.15) is 5.60 Å². The van der Waals surface area contributed by atoms with Gasteiger partial charge in [-0.05, 0) is 56.9 Å². The summed E-state index contributed by atoms with van der Waals surface area (Å²) in [5.41, 5.74) is 2.40. The number of carbonyl (C=O) groups is 2. The van der Waals surface area contributed by atoms with E-state index in [9.17, 15) is 9.59 Å². The van der Waals surface area contributed by atoms with Crippen LogP contribution in [0.1, 0.15) is 31.9 Å². The van der Waals surface area contributed by atoms with Crippen molar-refractivity contribution in [3.8, 4) is 0 Å². The summed E-state index contributed by atoms with van der Waals surface area (Å²) in [6.07, 6.45) is 0.995. The first kappa shape index (κ1) is 21.3. The fourth-order valence-corrected chi connectivity index (χ4v) is 2.57. The van der Waals surface area contributed by atoms with E-state index in [4.69, 9.17) is 4.74 Å². The van der Waals surface area contributed by atoms with Crippen LogP contribution in [0, 0.1) is 0 Å². The van der Waals surface area contributed by atoms with Crippen LogP contribution in [-0.2, 0) is 17.6 Å². The van der Waals surface area contributed by atoms with Crippen LogP contribution in [0.25, 0.3) is 0 Å². The van der Waals surface area contributed by atoms with Gasteiger partial charge in [0.2, 0.25) is 0 Å². The highest BCUT2D eigenvalue weighted by atomic mass is 16.6. The topological polar surface area (TPSA) is 79.5 Å². The van der Waals surface area contributed by atoms with Crippen molar-refractivity contribution >= 4 is 17.8 Å². The third-order valence-electron chi connectivity index (χ3n) is 3.81. The van der Waals surface area contributed by atoms with Crippen molar-refractivity contribution in [3.63, 3.8) is 0 Å². The Morgan fingerprint density at radius 2 is 1.50 bits per heavy atom. The molecule has 0 fully saturated rings. The van der Waals surface area contributed by atoms with Gasteiger partial charge in [-0.25, -0.2) is 9.59 Å². The third-order valence-corrected chi connectivity index (χ3v) is 3.81. The highest BCUT2D eigenvalue weighted by molar-refractivity contribution is 5.89. The summed E-state index contributed by atoms with van der Waals surface area (Å²) < 4.78 is 5.21. The van der Waals surface area contributed by atoms with Crippen LogP contribution in [-0.4, -0.2) is 30.8 Å². The lowest BCUT2D eigenvalue weighted by atomic mass is 10.1. The standard InChI is InChI=1S/C22H29N3O3/c1-22(2,3)28-21(27)24-15-13-18-10-7-11-19(16-18)25-20(26)23-14-12-17-8-5-4-6-9-17/h4-11,16H,12-15H2,1-3H3,(H,24,27)(H2,23,25,26). The number of hydrogen-bond donors (Lipinski definition) is 3. The second-order valence-corrected chi connectivity index (χ2v) is 7.50. The normalized spacial score (nSPS) is 10.8. The lowest BCUT2D eigenvalue weighted by molar-refractivity contribution is 0.0528. The molecule has 2 rings (SSSR count). The molecule has 0 radical (unpaired) electrons. The number of benzene rings is 2. The maximum Gasteiger partial charge on any atom is 0.407 e. The summed E-state index contributed by atoms with van der Waals surface area (Å²) in [5, 5.41) is 8.42. The van der Waals surface area contributed by atoms with E-state index in [-0.39, 0.29) is 6.03 Å². The predicted octanol–water partition coefficient (Wildman–Crippen LogP) is 4.12. The fourth-order valence-electron chi connectivity index (χ4n) is 2.57. The number of urea groups is 1.